The molecule has 0 saturated carbocycles. The topological polar surface area (TPSA) is 196 Å². The third kappa shape index (κ3) is 4.06. The summed E-state index contributed by atoms with van der Waals surface area (Å²) in [6, 6.07) is 0. The van der Waals surface area contributed by atoms with Crippen molar-refractivity contribution in [3.05, 3.63) is 30.3 Å². The van der Waals surface area contributed by atoms with Crippen molar-refractivity contribution in [2.24, 2.45) is 0 Å². The Kier molecular flexibility index (Phi) is 9.53. The molecule has 0 aromatic heterocycles. The molecule has 100 valence electrons. The Bertz CT molecular complexity index is 498. The predicted octanol–water partition coefficient (Wildman–Crippen LogP) is -5.36. The Labute approximate surface area is 197 Å². The zero-order valence-electron chi connectivity index (χ0n) is 12.3. The number of aromatic hydroxyl groups is 2. The second-order valence-electron chi connectivity index (χ2n) is 2.93. The molecular formula is C6H6K2N4O8. The van der Waals surface area contributed by atoms with Gasteiger partial charge in [-0.1, -0.05) is 0 Å². The molecule has 0 aliphatic carbocycles. The second kappa shape index (κ2) is 8.51. The molecule has 0 spiro atoms. The van der Waals surface area contributed by atoms with E-state index in [9.17, 15) is 40.6 Å². The Morgan fingerprint density at radius 3 is 1.25 bits per heavy atom. The van der Waals surface area contributed by atoms with Crippen LogP contribution in [0, 0.1) is 30.3 Å². The summed E-state index contributed by atoms with van der Waals surface area (Å²) in [5.41, 5.74) is -0.520. The molecule has 4 N–H and O–H groups in total. The van der Waals surface area contributed by atoms with Crippen molar-refractivity contribution in [2.75, 3.05) is 5.73 Å². The molecule has 0 radical (unpaired) electrons. The summed E-state index contributed by atoms with van der Waals surface area (Å²) in [5, 5.41) is 50.1. The molecule has 12 nitrogen and oxygen atoms in total. The van der Waals surface area contributed by atoms with Gasteiger partial charge >= 0.3 is 120 Å². The monoisotopic (exact) mass is 340 g/mol. The number of hydrogen-bond donors (Lipinski definition) is 3. The molecule has 1 rings (SSSR count). The maximum atomic E-state index is 10.5. The number of anilines is 1. The van der Waals surface area contributed by atoms with Crippen LogP contribution in [0.25, 0.3) is 0 Å². The van der Waals surface area contributed by atoms with Gasteiger partial charge in [-0.2, -0.15) is 0 Å². The van der Waals surface area contributed by atoms with Crippen molar-refractivity contribution >= 4 is 22.7 Å². The van der Waals surface area contributed by atoms with Crippen molar-refractivity contribution in [3.8, 4) is 11.5 Å². The molecule has 0 saturated heterocycles. The van der Waals surface area contributed by atoms with Crippen molar-refractivity contribution in [1.82, 2.24) is 0 Å². The van der Waals surface area contributed by atoms with Crippen LogP contribution in [0.15, 0.2) is 0 Å². The quantitative estimate of drug-likeness (QED) is 0.208. The van der Waals surface area contributed by atoms with Crippen molar-refractivity contribution in [3.63, 3.8) is 0 Å². The number of rotatable bonds is 3. The van der Waals surface area contributed by atoms with Crippen LogP contribution in [-0.4, -0.2) is 25.0 Å². The zero-order chi connectivity index (χ0) is 14.2. The van der Waals surface area contributed by atoms with E-state index in [0.717, 1.165) is 0 Å². The predicted molar refractivity (Wildman–Crippen MR) is 56.4 cm³/mol. The number of nitro benzene ring substituents is 3. The van der Waals surface area contributed by atoms with E-state index >= 15 is 0 Å². The van der Waals surface area contributed by atoms with Gasteiger partial charge in [-0.05, 0) is 0 Å². The fourth-order valence-corrected chi connectivity index (χ4v) is 1.25. The zero-order valence-corrected chi connectivity index (χ0v) is 16.5. The summed E-state index contributed by atoms with van der Waals surface area (Å²) in [6.45, 7) is 0. The molecule has 20 heavy (non-hydrogen) atoms. The maximum Gasteiger partial charge on any atom is 1.00 e. The summed E-state index contributed by atoms with van der Waals surface area (Å²) in [6.07, 6.45) is 0. The third-order valence-electron chi connectivity index (χ3n) is 1.96. The van der Waals surface area contributed by atoms with E-state index in [-0.39, 0.29) is 106 Å². The summed E-state index contributed by atoms with van der Waals surface area (Å²) >= 11 is 0. The van der Waals surface area contributed by atoms with Crippen LogP contribution in [0.3, 0.4) is 0 Å². The van der Waals surface area contributed by atoms with Crippen LogP contribution in [0.1, 0.15) is 2.85 Å². The van der Waals surface area contributed by atoms with E-state index in [4.69, 9.17) is 5.73 Å². The van der Waals surface area contributed by atoms with Gasteiger partial charge in [0.1, 0.15) is 0 Å². The molecule has 0 atom stereocenters. The fourth-order valence-electron chi connectivity index (χ4n) is 1.25. The Balaban J connectivity index is -0.000000405. The summed E-state index contributed by atoms with van der Waals surface area (Å²) in [5.74, 6) is -3.10. The SMILES string of the molecule is Nc1c([N+](=O)[O-])c(O)c([N+](=O)[O-])c(O)c1[N+](=O)[O-].[H-].[H-].[K+].[K+]. The van der Waals surface area contributed by atoms with Gasteiger partial charge < -0.3 is 18.8 Å². The van der Waals surface area contributed by atoms with E-state index in [0.29, 0.717) is 0 Å². The molecule has 0 aliphatic rings. The van der Waals surface area contributed by atoms with Crippen LogP contribution in [-0.2, 0) is 0 Å². The van der Waals surface area contributed by atoms with Gasteiger partial charge in [-0.25, -0.2) is 0 Å². The Hall–Kier alpha value is 0.0927. The van der Waals surface area contributed by atoms with Crippen LogP contribution in [0.2, 0.25) is 0 Å². The summed E-state index contributed by atoms with van der Waals surface area (Å²) < 4.78 is 0. The van der Waals surface area contributed by atoms with Crippen LogP contribution in [0.4, 0.5) is 22.7 Å². The van der Waals surface area contributed by atoms with Gasteiger partial charge in [0.15, 0.2) is 5.69 Å². The van der Waals surface area contributed by atoms with Crippen molar-refractivity contribution in [2.45, 2.75) is 0 Å². The first-order valence-electron chi connectivity index (χ1n) is 4.00. The number of nitrogen functional groups attached to an aromatic ring is 1. The van der Waals surface area contributed by atoms with Crippen LogP contribution >= 0.6 is 0 Å². The average molecular weight is 340 g/mol. The maximum absolute atomic E-state index is 10.5. The normalized spacial score (nSPS) is 9.00. The molecule has 0 bridgehead atoms. The number of phenolic OH excluding ortho intramolecular Hbond substituents is 2. The number of nitrogens with two attached hydrogens (primary N) is 1. The second-order valence-corrected chi connectivity index (χ2v) is 2.93. The van der Waals surface area contributed by atoms with E-state index in [1.807, 2.05) is 0 Å². The number of hydrogen-bond acceptors (Lipinski definition) is 9. The smallest absolute Gasteiger partial charge is 1.00 e. The molecule has 1 aromatic rings. The van der Waals surface area contributed by atoms with Crippen molar-refractivity contribution < 1.29 is 131 Å². The van der Waals surface area contributed by atoms with Crippen molar-refractivity contribution in [1.29, 1.82) is 0 Å². The van der Waals surface area contributed by atoms with E-state index < -0.39 is 49.0 Å². The molecule has 14 heteroatoms. The first kappa shape index (κ1) is 22.4. The molecule has 0 heterocycles. The van der Waals surface area contributed by atoms with E-state index in [1.54, 1.807) is 0 Å². The fraction of sp³-hybridized carbons (Fsp3) is 0. The molecule has 0 fully saturated rings. The minimum absolute atomic E-state index is 0. The largest absolute Gasteiger partial charge is 1.00 e. The molecule has 1 aromatic carbocycles. The first-order chi connectivity index (χ1) is 8.20. The van der Waals surface area contributed by atoms with Gasteiger partial charge in [0.05, 0.1) is 14.8 Å². The Morgan fingerprint density at radius 2 is 1.05 bits per heavy atom. The number of nitrogens with zero attached hydrogens (tertiary/aromatic N) is 3. The van der Waals surface area contributed by atoms with Gasteiger partial charge in [-0.3, -0.25) is 30.3 Å². The summed E-state index contributed by atoms with van der Waals surface area (Å²) in [7, 11) is 0. The third-order valence-corrected chi connectivity index (χ3v) is 1.96. The number of nitro groups is 3. The van der Waals surface area contributed by atoms with E-state index in [1.165, 1.54) is 0 Å². The molecular weight excluding hydrogens is 334 g/mol. The van der Waals surface area contributed by atoms with E-state index in [2.05, 4.69) is 0 Å². The minimum Gasteiger partial charge on any atom is -1.00 e. The molecule has 0 amide bonds. The van der Waals surface area contributed by atoms with Gasteiger partial charge in [-0.15, -0.1) is 0 Å². The first-order valence-corrected chi connectivity index (χ1v) is 4.00. The minimum atomic E-state index is -1.55. The van der Waals surface area contributed by atoms with Crippen LogP contribution in [0.5, 0.6) is 11.5 Å². The van der Waals surface area contributed by atoms with Gasteiger partial charge in [0.2, 0.25) is 0 Å². The summed E-state index contributed by atoms with van der Waals surface area (Å²) in [4.78, 5) is 27.5. The van der Waals surface area contributed by atoms with Crippen LogP contribution < -0.4 is 109 Å². The van der Waals surface area contributed by atoms with Gasteiger partial charge in [0, 0.05) is 0 Å². The number of phenols is 2. The molecule has 0 unspecified atom stereocenters. The standard InChI is InChI=1S/C6H4N4O8.2K.2H/c7-1-2(8(13)14)5(11)4(10(17)18)6(12)3(1)9(15)16;;;;/h11-12H,7H2;;;;/q;2*+1;2*-1. The average Bonchev–Trinajstić information content (AvgIpc) is 2.14. The van der Waals surface area contributed by atoms with Gasteiger partial charge in [0.25, 0.3) is 11.5 Å². The molecule has 0 aliphatic heterocycles. The number of benzene rings is 1. The Morgan fingerprint density at radius 1 is 0.800 bits per heavy atom.